The normalized spacial score (nSPS) is 11.0. The molecule has 0 radical (unpaired) electrons. The molecule has 3 heteroatoms. The summed E-state index contributed by atoms with van der Waals surface area (Å²) in [7, 11) is 0. The van der Waals surface area contributed by atoms with E-state index < -0.39 is 0 Å². The van der Waals surface area contributed by atoms with Crippen LogP contribution in [0.3, 0.4) is 0 Å². The van der Waals surface area contributed by atoms with E-state index in [0.29, 0.717) is 5.82 Å². The summed E-state index contributed by atoms with van der Waals surface area (Å²) < 4.78 is 2.12. The molecule has 0 unspecified atom stereocenters. The van der Waals surface area contributed by atoms with Crippen molar-refractivity contribution in [3.63, 3.8) is 0 Å². The predicted molar refractivity (Wildman–Crippen MR) is 222 cm³/mol. The third kappa shape index (κ3) is 6.51. The first-order chi connectivity index (χ1) is 26.8. The molecule has 0 amide bonds. The first-order valence-corrected chi connectivity index (χ1v) is 18.2. The second kappa shape index (κ2) is 14.8. The number of rotatable bonds is 8. The molecule has 0 atom stereocenters. The molecule has 254 valence electrons. The van der Waals surface area contributed by atoms with Crippen LogP contribution in [0.15, 0.2) is 219 Å². The van der Waals surface area contributed by atoms with Crippen LogP contribution in [0, 0.1) is 0 Å². The summed E-state index contributed by atoms with van der Waals surface area (Å²) >= 11 is 0. The van der Waals surface area contributed by atoms with Gasteiger partial charge in [0.15, 0.2) is 0 Å². The van der Waals surface area contributed by atoms with Crippen LogP contribution in [0.2, 0.25) is 0 Å². The standard InChI is InChI=1S/C51H36N3/c1-5-17-37(18-6-1)38-29-31-42(32-30-38)51-53-50(52-36-54(51)49-28-16-15-26-45(49)40-21-9-3-10-22-40)43-33-34-47(48(35-43)41-23-11-4-12-24-41)46-27-14-13-25-44(46)39-19-7-2-8-20-39/h1-36H/q+1. The van der Waals surface area contributed by atoms with Crippen LogP contribution in [0.1, 0.15) is 0 Å². The number of hydrogen-bond acceptors (Lipinski definition) is 2. The van der Waals surface area contributed by atoms with Crippen molar-refractivity contribution < 1.29 is 4.57 Å². The molecule has 0 fully saturated rings. The van der Waals surface area contributed by atoms with Crippen molar-refractivity contribution in [2.45, 2.75) is 0 Å². The number of nitrogens with zero attached hydrogens (tertiary/aromatic N) is 3. The van der Waals surface area contributed by atoms with Gasteiger partial charge in [-0.25, -0.2) is 0 Å². The van der Waals surface area contributed by atoms with Gasteiger partial charge in [-0.2, -0.15) is 4.57 Å². The maximum absolute atomic E-state index is 5.38. The molecule has 8 aromatic carbocycles. The molecule has 0 aliphatic rings. The Labute approximate surface area is 316 Å². The van der Waals surface area contributed by atoms with Crippen molar-refractivity contribution in [3.8, 4) is 84.1 Å². The van der Waals surface area contributed by atoms with Crippen LogP contribution in [-0.2, 0) is 0 Å². The molecule has 0 aliphatic heterocycles. The summed E-state index contributed by atoms with van der Waals surface area (Å²) in [5.41, 5.74) is 14.5. The minimum atomic E-state index is 0.658. The molecule has 0 N–H and O–H groups in total. The lowest BCUT2D eigenvalue weighted by Gasteiger charge is -2.16. The van der Waals surface area contributed by atoms with Gasteiger partial charge in [-0.1, -0.05) is 192 Å². The van der Waals surface area contributed by atoms with Gasteiger partial charge in [0.2, 0.25) is 6.33 Å². The summed E-state index contributed by atoms with van der Waals surface area (Å²) in [6.45, 7) is 0. The van der Waals surface area contributed by atoms with Gasteiger partial charge >= 0.3 is 5.82 Å². The maximum atomic E-state index is 5.38. The number of benzene rings is 8. The molecule has 0 bridgehead atoms. The van der Waals surface area contributed by atoms with E-state index in [1.807, 2.05) is 18.5 Å². The zero-order valence-corrected chi connectivity index (χ0v) is 29.6. The van der Waals surface area contributed by atoms with Crippen molar-refractivity contribution in [1.82, 2.24) is 9.97 Å². The molecular weight excluding hydrogens is 655 g/mol. The van der Waals surface area contributed by atoms with Crippen molar-refractivity contribution in [2.75, 3.05) is 0 Å². The lowest BCUT2D eigenvalue weighted by Crippen LogP contribution is -2.36. The Morgan fingerprint density at radius 2 is 0.722 bits per heavy atom. The first-order valence-electron chi connectivity index (χ1n) is 18.2. The summed E-state index contributed by atoms with van der Waals surface area (Å²) in [4.78, 5) is 10.4. The SMILES string of the molecule is c1ccc(-c2ccc(-c3nc(-c4ccc(-c5ccccc5-c5ccccc5)c(-c5ccccc5)c4)nc[n+]3-c3ccccc3-c3ccccc3)cc2)cc1. The zero-order valence-electron chi connectivity index (χ0n) is 29.6. The Kier molecular flexibility index (Phi) is 8.94. The fourth-order valence-electron chi connectivity index (χ4n) is 7.22. The van der Waals surface area contributed by atoms with Gasteiger partial charge in [0, 0.05) is 5.56 Å². The summed E-state index contributed by atoms with van der Waals surface area (Å²) in [5, 5.41) is 0. The summed E-state index contributed by atoms with van der Waals surface area (Å²) in [5.74, 6) is 1.47. The summed E-state index contributed by atoms with van der Waals surface area (Å²) in [6, 6.07) is 74.5. The van der Waals surface area contributed by atoms with Gasteiger partial charge in [-0.05, 0) is 80.4 Å². The minimum absolute atomic E-state index is 0.658. The molecular formula is C51H36N3+. The molecule has 1 heterocycles. The largest absolute Gasteiger partial charge is 0.307 e. The van der Waals surface area contributed by atoms with Crippen LogP contribution in [-0.4, -0.2) is 9.97 Å². The lowest BCUT2D eigenvalue weighted by atomic mass is 9.88. The third-order valence-corrected chi connectivity index (χ3v) is 9.90. The van der Waals surface area contributed by atoms with Crippen molar-refractivity contribution in [3.05, 3.63) is 219 Å². The monoisotopic (exact) mass is 690 g/mol. The van der Waals surface area contributed by atoms with Gasteiger partial charge in [-0.15, -0.1) is 0 Å². The highest BCUT2D eigenvalue weighted by molar-refractivity contribution is 5.93. The van der Waals surface area contributed by atoms with Crippen LogP contribution in [0.4, 0.5) is 0 Å². The van der Waals surface area contributed by atoms with Crippen molar-refractivity contribution in [2.24, 2.45) is 0 Å². The van der Waals surface area contributed by atoms with E-state index in [2.05, 4.69) is 205 Å². The van der Waals surface area contributed by atoms with Crippen LogP contribution in [0.5, 0.6) is 0 Å². The Balaban J connectivity index is 1.22. The molecule has 9 aromatic rings. The quantitative estimate of drug-likeness (QED) is 0.149. The maximum Gasteiger partial charge on any atom is 0.307 e. The zero-order chi connectivity index (χ0) is 36.1. The smallest absolute Gasteiger partial charge is 0.198 e. The fraction of sp³-hybridized carbons (Fsp3) is 0. The molecule has 0 spiro atoms. The molecule has 9 rings (SSSR count). The minimum Gasteiger partial charge on any atom is -0.198 e. The van der Waals surface area contributed by atoms with E-state index in [-0.39, 0.29) is 0 Å². The second-order valence-electron chi connectivity index (χ2n) is 13.2. The van der Waals surface area contributed by atoms with Gasteiger partial charge in [-0.3, -0.25) is 0 Å². The fourth-order valence-corrected chi connectivity index (χ4v) is 7.22. The Hall–Kier alpha value is -7.23. The van der Waals surface area contributed by atoms with E-state index >= 15 is 0 Å². The van der Waals surface area contributed by atoms with E-state index in [1.54, 1.807) is 0 Å². The van der Waals surface area contributed by atoms with Crippen LogP contribution >= 0.6 is 0 Å². The lowest BCUT2D eigenvalue weighted by molar-refractivity contribution is -0.589. The molecule has 54 heavy (non-hydrogen) atoms. The summed E-state index contributed by atoms with van der Waals surface area (Å²) in [6.07, 6.45) is 1.92. The van der Waals surface area contributed by atoms with Crippen LogP contribution in [0.25, 0.3) is 84.1 Å². The number of aromatic nitrogens is 3. The highest BCUT2D eigenvalue weighted by atomic mass is 15.1. The van der Waals surface area contributed by atoms with E-state index in [1.165, 1.54) is 22.3 Å². The molecule has 1 aromatic heterocycles. The van der Waals surface area contributed by atoms with Gasteiger partial charge in [0.25, 0.3) is 5.82 Å². The first kappa shape index (κ1) is 32.7. The highest BCUT2D eigenvalue weighted by Gasteiger charge is 2.24. The Morgan fingerprint density at radius 1 is 0.296 bits per heavy atom. The third-order valence-electron chi connectivity index (χ3n) is 9.90. The van der Waals surface area contributed by atoms with Gasteiger partial charge < -0.3 is 0 Å². The van der Waals surface area contributed by atoms with E-state index in [9.17, 15) is 0 Å². The average molecular weight is 691 g/mol. The second-order valence-corrected chi connectivity index (χ2v) is 13.2. The van der Waals surface area contributed by atoms with E-state index in [4.69, 9.17) is 9.97 Å². The van der Waals surface area contributed by atoms with Gasteiger partial charge in [0.05, 0.1) is 11.1 Å². The van der Waals surface area contributed by atoms with Crippen LogP contribution < -0.4 is 4.57 Å². The number of hydrogen-bond donors (Lipinski definition) is 0. The average Bonchev–Trinajstić information content (AvgIpc) is 3.27. The Morgan fingerprint density at radius 3 is 1.35 bits per heavy atom. The predicted octanol–water partition coefficient (Wildman–Crippen LogP) is 12.4. The molecule has 3 nitrogen and oxygen atoms in total. The van der Waals surface area contributed by atoms with Crippen molar-refractivity contribution >= 4 is 0 Å². The molecule has 0 aliphatic carbocycles. The molecule has 0 saturated carbocycles. The van der Waals surface area contributed by atoms with E-state index in [0.717, 1.165) is 56.0 Å². The highest BCUT2D eigenvalue weighted by Crippen LogP contribution is 2.40. The van der Waals surface area contributed by atoms with Crippen molar-refractivity contribution in [1.29, 1.82) is 0 Å². The molecule has 0 saturated heterocycles. The number of para-hydroxylation sites is 1. The van der Waals surface area contributed by atoms with Gasteiger partial charge in [0.1, 0.15) is 5.69 Å². The topological polar surface area (TPSA) is 29.7 Å². The Bertz CT molecular complexity index is 2670.